The van der Waals surface area contributed by atoms with Gasteiger partial charge in [0.15, 0.2) is 0 Å². The van der Waals surface area contributed by atoms with E-state index in [1.165, 1.54) is 0 Å². The van der Waals surface area contributed by atoms with Crippen LogP contribution in [0.1, 0.15) is 34.6 Å². The van der Waals surface area contributed by atoms with Gasteiger partial charge in [0.25, 0.3) is 0 Å². The van der Waals surface area contributed by atoms with Crippen LogP contribution in [0, 0.1) is 17.3 Å². The van der Waals surface area contributed by atoms with Gasteiger partial charge in [-0.15, -0.1) is 0 Å². The lowest BCUT2D eigenvalue weighted by molar-refractivity contribution is -0.157. The highest BCUT2D eigenvalue weighted by Crippen LogP contribution is 2.58. The summed E-state index contributed by atoms with van der Waals surface area (Å²) in [4.78, 5) is 11.7. The molecule has 0 aliphatic heterocycles. The van der Waals surface area contributed by atoms with Gasteiger partial charge in [0.2, 0.25) is 0 Å². The molecule has 1 fully saturated rings. The molecule has 1 rings (SSSR count). The number of rotatable bonds is 2. The zero-order chi connectivity index (χ0) is 11.1. The maximum Gasteiger partial charge on any atom is 0.310 e. The van der Waals surface area contributed by atoms with Crippen molar-refractivity contribution in [3.63, 3.8) is 0 Å². The summed E-state index contributed by atoms with van der Waals surface area (Å²) in [5.74, 6) is 0.182. The molecule has 0 amide bonds. The summed E-state index contributed by atoms with van der Waals surface area (Å²) in [6.45, 7) is 10.4. The first-order chi connectivity index (χ1) is 6.20. The Balaban J connectivity index is 2.57. The minimum absolute atomic E-state index is 0.00766. The maximum atomic E-state index is 11.7. The second-order valence-corrected chi connectivity index (χ2v) is 5.67. The van der Waals surface area contributed by atoms with Crippen LogP contribution in [-0.4, -0.2) is 18.1 Å². The summed E-state index contributed by atoms with van der Waals surface area (Å²) in [7, 11) is 0. The van der Waals surface area contributed by atoms with Crippen molar-refractivity contribution in [3.8, 4) is 0 Å². The van der Waals surface area contributed by atoms with E-state index in [2.05, 4.69) is 13.8 Å². The Bertz CT molecular complexity index is 240. The highest BCUT2D eigenvalue weighted by atomic mass is 16.6. The first kappa shape index (κ1) is 11.5. The van der Waals surface area contributed by atoms with Crippen molar-refractivity contribution < 1.29 is 9.53 Å². The average Bonchev–Trinajstić information content (AvgIpc) is 2.48. The smallest absolute Gasteiger partial charge is 0.310 e. The van der Waals surface area contributed by atoms with Gasteiger partial charge in [-0.05, 0) is 38.6 Å². The Morgan fingerprint density at radius 1 is 1.43 bits per heavy atom. The largest absolute Gasteiger partial charge is 0.460 e. The van der Waals surface area contributed by atoms with Crippen LogP contribution in [0.3, 0.4) is 0 Å². The molecule has 1 aliphatic rings. The number of ether oxygens (including phenoxy) is 1. The van der Waals surface area contributed by atoms with E-state index in [4.69, 9.17) is 10.5 Å². The molecule has 82 valence electrons. The van der Waals surface area contributed by atoms with Crippen LogP contribution in [0.4, 0.5) is 0 Å². The van der Waals surface area contributed by atoms with E-state index in [0.29, 0.717) is 6.54 Å². The van der Waals surface area contributed by atoms with Crippen LogP contribution in [0.15, 0.2) is 0 Å². The lowest BCUT2D eigenvalue weighted by atomic mass is 10.1. The molecule has 0 radical (unpaired) electrons. The van der Waals surface area contributed by atoms with E-state index >= 15 is 0 Å². The van der Waals surface area contributed by atoms with Crippen molar-refractivity contribution in [1.29, 1.82) is 0 Å². The predicted molar refractivity (Wildman–Crippen MR) is 55.7 cm³/mol. The van der Waals surface area contributed by atoms with E-state index in [9.17, 15) is 4.79 Å². The summed E-state index contributed by atoms with van der Waals surface area (Å²) in [6, 6.07) is 0. The molecule has 1 saturated carbocycles. The summed E-state index contributed by atoms with van der Waals surface area (Å²) in [5, 5.41) is 0. The summed E-state index contributed by atoms with van der Waals surface area (Å²) >= 11 is 0. The number of carbonyl (C=O) groups excluding carboxylic acids is 1. The molecule has 0 bridgehead atoms. The van der Waals surface area contributed by atoms with Crippen LogP contribution in [0.25, 0.3) is 0 Å². The lowest BCUT2D eigenvalue weighted by Gasteiger charge is -2.20. The van der Waals surface area contributed by atoms with E-state index in [1.54, 1.807) is 0 Å². The van der Waals surface area contributed by atoms with Crippen LogP contribution in [0.2, 0.25) is 0 Å². The Hall–Kier alpha value is -0.570. The Labute approximate surface area is 86.0 Å². The molecule has 0 aromatic rings. The summed E-state index contributed by atoms with van der Waals surface area (Å²) < 4.78 is 5.33. The Kier molecular flexibility index (Phi) is 2.65. The second kappa shape index (κ2) is 3.23. The van der Waals surface area contributed by atoms with Crippen molar-refractivity contribution in [2.24, 2.45) is 23.0 Å². The molecular formula is C11H21NO2. The average molecular weight is 199 g/mol. The zero-order valence-corrected chi connectivity index (χ0v) is 9.76. The second-order valence-electron chi connectivity index (χ2n) is 5.67. The third-order valence-corrected chi connectivity index (χ3v) is 2.97. The molecular weight excluding hydrogens is 178 g/mol. The third-order valence-electron chi connectivity index (χ3n) is 2.97. The number of nitrogens with two attached hydrogens (primary N) is 1. The predicted octanol–water partition coefficient (Wildman–Crippen LogP) is 1.56. The molecule has 2 atom stereocenters. The first-order valence-corrected chi connectivity index (χ1v) is 5.13. The fraction of sp³-hybridized carbons (Fsp3) is 0.909. The Morgan fingerprint density at radius 2 is 1.93 bits per heavy atom. The SMILES string of the molecule is CC(C)(C)OC(=O)[C@@H]1[C@H](CN)C1(C)C. The van der Waals surface area contributed by atoms with Crippen LogP contribution < -0.4 is 5.73 Å². The molecule has 3 heteroatoms. The van der Waals surface area contributed by atoms with Crippen molar-refractivity contribution in [2.75, 3.05) is 6.54 Å². The van der Waals surface area contributed by atoms with Gasteiger partial charge in [-0.1, -0.05) is 13.8 Å². The molecule has 0 heterocycles. The van der Waals surface area contributed by atoms with Gasteiger partial charge in [-0.2, -0.15) is 0 Å². The minimum Gasteiger partial charge on any atom is -0.460 e. The van der Waals surface area contributed by atoms with Crippen LogP contribution in [0.5, 0.6) is 0 Å². The van der Waals surface area contributed by atoms with Crippen LogP contribution in [-0.2, 0) is 9.53 Å². The van der Waals surface area contributed by atoms with Crippen molar-refractivity contribution in [3.05, 3.63) is 0 Å². The van der Waals surface area contributed by atoms with Gasteiger partial charge < -0.3 is 10.5 Å². The van der Waals surface area contributed by atoms with Gasteiger partial charge >= 0.3 is 5.97 Å². The molecule has 2 N–H and O–H groups in total. The third kappa shape index (κ3) is 2.08. The lowest BCUT2D eigenvalue weighted by Crippen LogP contribution is -2.26. The van der Waals surface area contributed by atoms with Crippen molar-refractivity contribution in [2.45, 2.75) is 40.2 Å². The van der Waals surface area contributed by atoms with E-state index < -0.39 is 5.60 Å². The van der Waals surface area contributed by atoms with Gasteiger partial charge in [-0.3, -0.25) is 4.79 Å². The summed E-state index contributed by atoms with van der Waals surface area (Å²) in [5.41, 5.74) is 5.22. The molecule has 3 nitrogen and oxygen atoms in total. The van der Waals surface area contributed by atoms with Gasteiger partial charge in [0.05, 0.1) is 5.92 Å². The number of hydrogen-bond acceptors (Lipinski definition) is 3. The minimum atomic E-state index is -0.394. The number of hydrogen-bond donors (Lipinski definition) is 1. The zero-order valence-electron chi connectivity index (χ0n) is 9.76. The van der Waals surface area contributed by atoms with Crippen LogP contribution >= 0.6 is 0 Å². The molecule has 1 aliphatic carbocycles. The molecule has 14 heavy (non-hydrogen) atoms. The van der Waals surface area contributed by atoms with E-state index in [1.807, 2.05) is 20.8 Å². The van der Waals surface area contributed by atoms with E-state index in [0.717, 1.165) is 0 Å². The van der Waals surface area contributed by atoms with Gasteiger partial charge in [0.1, 0.15) is 5.60 Å². The molecule has 0 aromatic heterocycles. The van der Waals surface area contributed by atoms with Gasteiger partial charge in [-0.25, -0.2) is 0 Å². The van der Waals surface area contributed by atoms with Crippen molar-refractivity contribution in [1.82, 2.24) is 0 Å². The molecule has 0 aromatic carbocycles. The highest BCUT2D eigenvalue weighted by Gasteiger charge is 2.62. The topological polar surface area (TPSA) is 52.3 Å². The normalized spacial score (nSPS) is 29.9. The fourth-order valence-electron chi connectivity index (χ4n) is 2.02. The molecule has 0 unspecified atom stereocenters. The summed E-state index contributed by atoms with van der Waals surface area (Å²) in [6.07, 6.45) is 0. The number of esters is 1. The fourth-order valence-corrected chi connectivity index (χ4v) is 2.02. The quantitative estimate of drug-likeness (QED) is 0.687. The highest BCUT2D eigenvalue weighted by molar-refractivity contribution is 5.78. The molecule has 0 spiro atoms. The number of carbonyl (C=O) groups is 1. The maximum absolute atomic E-state index is 11.7. The van der Waals surface area contributed by atoms with Crippen molar-refractivity contribution >= 4 is 5.97 Å². The standard InChI is InChI=1S/C11H21NO2/c1-10(2,3)14-9(13)8-7(6-12)11(8,4)5/h7-8H,6,12H2,1-5H3/t7-,8-/m0/s1. The van der Waals surface area contributed by atoms with Gasteiger partial charge in [0, 0.05) is 0 Å². The molecule has 0 saturated heterocycles. The first-order valence-electron chi connectivity index (χ1n) is 5.13. The monoisotopic (exact) mass is 199 g/mol. The van der Waals surface area contributed by atoms with E-state index in [-0.39, 0.29) is 23.2 Å². The Morgan fingerprint density at radius 3 is 2.21 bits per heavy atom.